The lowest BCUT2D eigenvalue weighted by Gasteiger charge is -2.34. The van der Waals surface area contributed by atoms with Gasteiger partial charge in [-0.15, -0.1) is 24.2 Å². The lowest BCUT2D eigenvalue weighted by atomic mass is 10.00. The van der Waals surface area contributed by atoms with Crippen molar-refractivity contribution >= 4 is 24.2 Å². The Bertz CT molecular complexity index is 1110. The van der Waals surface area contributed by atoms with Crippen LogP contribution in [0.4, 0.5) is 0 Å². The van der Waals surface area contributed by atoms with Crippen LogP contribution in [0.15, 0.2) is 71.6 Å². The normalized spacial score (nSPS) is 21.6. The number of benzene rings is 3. The van der Waals surface area contributed by atoms with Gasteiger partial charge in [0.05, 0.1) is 10.1 Å². The van der Waals surface area contributed by atoms with Crippen molar-refractivity contribution in [2.45, 2.75) is 36.0 Å². The number of aromatic hydroxyl groups is 2. The maximum atomic E-state index is 9.94. The topological polar surface area (TPSA) is 62.2 Å². The quantitative estimate of drug-likeness (QED) is 0.371. The predicted octanol–water partition coefficient (Wildman–Crippen LogP) is 6.60. The van der Waals surface area contributed by atoms with E-state index in [-0.39, 0.29) is 35.3 Å². The number of hydrogen-bond donors (Lipinski definition) is 2. The molecule has 3 aromatic carbocycles. The highest BCUT2D eigenvalue weighted by molar-refractivity contribution is 7.99. The average molecular weight is 514 g/mol. The van der Waals surface area contributed by atoms with Crippen LogP contribution >= 0.6 is 24.2 Å². The van der Waals surface area contributed by atoms with Gasteiger partial charge in [0.15, 0.2) is 0 Å². The molecule has 3 atom stereocenters. The number of hydrogen-bond acceptors (Lipinski definition) is 6. The van der Waals surface area contributed by atoms with Gasteiger partial charge >= 0.3 is 0 Å². The van der Waals surface area contributed by atoms with Gasteiger partial charge in [-0.3, -0.25) is 4.90 Å². The van der Waals surface area contributed by atoms with E-state index in [4.69, 9.17) is 9.47 Å². The van der Waals surface area contributed by atoms with E-state index in [2.05, 4.69) is 24.0 Å². The van der Waals surface area contributed by atoms with Crippen LogP contribution < -0.4 is 9.47 Å². The Hall–Kier alpha value is -2.54. The number of ether oxygens (including phenoxy) is 2. The van der Waals surface area contributed by atoms with E-state index in [1.54, 1.807) is 36.0 Å². The number of phenols is 2. The average Bonchev–Trinajstić information content (AvgIpc) is 3.32. The number of halogens is 1. The van der Waals surface area contributed by atoms with Crippen molar-refractivity contribution in [2.24, 2.45) is 5.92 Å². The van der Waals surface area contributed by atoms with Crippen molar-refractivity contribution in [3.05, 3.63) is 77.9 Å². The fourth-order valence-electron chi connectivity index (χ4n) is 4.73. The van der Waals surface area contributed by atoms with Crippen molar-refractivity contribution in [2.75, 3.05) is 26.2 Å². The van der Waals surface area contributed by atoms with E-state index in [1.165, 1.54) is 25.9 Å². The van der Waals surface area contributed by atoms with Crippen molar-refractivity contribution < 1.29 is 19.7 Å². The second kappa shape index (κ2) is 11.5. The Kier molecular flexibility index (Phi) is 8.37. The molecule has 0 spiro atoms. The van der Waals surface area contributed by atoms with Gasteiger partial charge in [-0.05, 0) is 72.5 Å². The summed E-state index contributed by atoms with van der Waals surface area (Å²) >= 11 is 1.66. The molecule has 0 aromatic heterocycles. The molecule has 35 heavy (non-hydrogen) atoms. The third-order valence-electron chi connectivity index (χ3n) is 6.76. The molecule has 2 heterocycles. The lowest BCUT2D eigenvalue weighted by Crippen LogP contribution is -2.26. The maximum absolute atomic E-state index is 9.94. The van der Waals surface area contributed by atoms with Crippen molar-refractivity contribution in [1.82, 2.24) is 4.90 Å². The van der Waals surface area contributed by atoms with Crippen LogP contribution in [0.1, 0.15) is 42.2 Å². The standard InChI is InChI=1S/C28H31NO4S.ClH/c1-2-19-13-14-29(18-19)15-16-32-24-10-5-20(6-11-24)27-28(21-3-7-22(30)8-4-21)34-26-17-23(31)9-12-25(26)33-27;/h3-12,17,19,27-28,30-31H,2,13-16,18H2,1H3;1H/t19-,27+,28-;/m1./s1. The van der Waals surface area contributed by atoms with E-state index >= 15 is 0 Å². The number of phenolic OH excluding ortho intramolecular Hbond substituents is 2. The smallest absolute Gasteiger partial charge is 0.140 e. The van der Waals surface area contributed by atoms with E-state index in [0.717, 1.165) is 40.0 Å². The van der Waals surface area contributed by atoms with Gasteiger partial charge < -0.3 is 19.7 Å². The molecule has 0 radical (unpaired) electrons. The molecule has 0 bridgehead atoms. The summed E-state index contributed by atoms with van der Waals surface area (Å²) in [4.78, 5) is 3.40. The van der Waals surface area contributed by atoms with E-state index in [1.807, 2.05) is 30.3 Å². The molecule has 0 amide bonds. The number of fused-ring (bicyclic) bond motifs is 1. The number of likely N-dealkylation sites (tertiary alicyclic amines) is 1. The van der Waals surface area contributed by atoms with Gasteiger partial charge in [0.25, 0.3) is 0 Å². The molecule has 2 N–H and O–H groups in total. The van der Waals surface area contributed by atoms with Crippen LogP contribution in [0.25, 0.3) is 0 Å². The molecular formula is C28H32ClNO4S. The third kappa shape index (κ3) is 6.00. The van der Waals surface area contributed by atoms with Crippen molar-refractivity contribution in [3.8, 4) is 23.0 Å². The van der Waals surface area contributed by atoms with Crippen LogP contribution in [0.2, 0.25) is 0 Å². The van der Waals surface area contributed by atoms with Crippen LogP contribution in [-0.4, -0.2) is 41.4 Å². The SMILES string of the molecule is CC[C@@H]1CCN(CCOc2ccc([C@@H]3Oc4ccc(O)cc4S[C@@H]3c3ccc(O)cc3)cc2)C1.Cl. The minimum absolute atomic E-state index is 0. The highest BCUT2D eigenvalue weighted by Crippen LogP contribution is 2.54. The Labute approximate surface area is 217 Å². The summed E-state index contributed by atoms with van der Waals surface area (Å²) in [6.07, 6.45) is 2.35. The molecule has 3 aromatic rings. The molecule has 7 heteroatoms. The molecule has 5 nitrogen and oxygen atoms in total. The first-order valence-electron chi connectivity index (χ1n) is 12.0. The third-order valence-corrected chi connectivity index (χ3v) is 8.11. The predicted molar refractivity (Wildman–Crippen MR) is 142 cm³/mol. The first-order valence-corrected chi connectivity index (χ1v) is 12.9. The Morgan fingerprint density at radius 2 is 1.69 bits per heavy atom. The van der Waals surface area contributed by atoms with E-state index < -0.39 is 0 Å². The number of thioether (sulfide) groups is 1. The molecule has 0 unspecified atom stereocenters. The van der Waals surface area contributed by atoms with Crippen LogP contribution in [0.3, 0.4) is 0 Å². The Morgan fingerprint density at radius 3 is 2.40 bits per heavy atom. The van der Waals surface area contributed by atoms with E-state index in [0.29, 0.717) is 6.61 Å². The zero-order valence-corrected chi connectivity index (χ0v) is 21.4. The number of rotatable bonds is 7. The molecule has 2 aliphatic heterocycles. The zero-order chi connectivity index (χ0) is 23.5. The summed E-state index contributed by atoms with van der Waals surface area (Å²) in [5.74, 6) is 2.92. The van der Waals surface area contributed by atoms with Gasteiger partial charge in [0, 0.05) is 13.1 Å². The summed E-state index contributed by atoms with van der Waals surface area (Å²) in [5, 5.41) is 19.7. The van der Waals surface area contributed by atoms with Crippen LogP contribution in [-0.2, 0) is 0 Å². The Balaban J connectivity index is 0.00000289. The molecule has 1 saturated heterocycles. The van der Waals surface area contributed by atoms with Crippen molar-refractivity contribution in [3.63, 3.8) is 0 Å². The summed E-state index contributed by atoms with van der Waals surface area (Å²) in [5.41, 5.74) is 2.11. The minimum atomic E-state index is -0.212. The van der Waals surface area contributed by atoms with Gasteiger partial charge in [-0.25, -0.2) is 0 Å². The molecule has 186 valence electrons. The first kappa shape index (κ1) is 25.5. The maximum Gasteiger partial charge on any atom is 0.140 e. The molecule has 1 fully saturated rings. The molecule has 0 saturated carbocycles. The molecule has 0 aliphatic carbocycles. The lowest BCUT2D eigenvalue weighted by molar-refractivity contribution is 0.190. The molecule has 5 rings (SSSR count). The summed E-state index contributed by atoms with van der Waals surface area (Å²) in [6.45, 7) is 6.30. The second-order valence-corrected chi connectivity index (χ2v) is 10.3. The fraction of sp³-hybridized carbons (Fsp3) is 0.357. The highest BCUT2D eigenvalue weighted by atomic mass is 35.5. The van der Waals surface area contributed by atoms with Gasteiger partial charge in [0.2, 0.25) is 0 Å². The van der Waals surface area contributed by atoms with Gasteiger partial charge in [0.1, 0.15) is 35.7 Å². The number of nitrogens with zero attached hydrogens (tertiary/aromatic N) is 1. The summed E-state index contributed by atoms with van der Waals surface area (Å²) < 4.78 is 12.5. The van der Waals surface area contributed by atoms with Crippen LogP contribution in [0, 0.1) is 5.92 Å². The minimum Gasteiger partial charge on any atom is -0.508 e. The van der Waals surface area contributed by atoms with E-state index in [9.17, 15) is 10.2 Å². The fourth-order valence-corrected chi connectivity index (χ4v) is 6.05. The summed E-state index contributed by atoms with van der Waals surface area (Å²) in [7, 11) is 0. The van der Waals surface area contributed by atoms with Gasteiger partial charge in [-0.2, -0.15) is 0 Å². The van der Waals surface area contributed by atoms with Crippen molar-refractivity contribution in [1.29, 1.82) is 0 Å². The monoisotopic (exact) mass is 513 g/mol. The van der Waals surface area contributed by atoms with Gasteiger partial charge in [-0.1, -0.05) is 37.6 Å². The zero-order valence-electron chi connectivity index (χ0n) is 19.8. The Morgan fingerprint density at radius 1 is 0.971 bits per heavy atom. The summed E-state index contributed by atoms with van der Waals surface area (Å²) in [6, 6.07) is 20.6. The molecular weight excluding hydrogens is 482 g/mol. The highest BCUT2D eigenvalue weighted by Gasteiger charge is 2.33. The first-order chi connectivity index (χ1) is 16.6. The largest absolute Gasteiger partial charge is 0.508 e. The molecule has 2 aliphatic rings. The second-order valence-electron chi connectivity index (χ2n) is 9.08. The van der Waals surface area contributed by atoms with Crippen LogP contribution in [0.5, 0.6) is 23.0 Å².